The average molecular weight is 366 g/mol. The minimum Gasteiger partial charge on any atom is -0.349 e. The lowest BCUT2D eigenvalue weighted by Gasteiger charge is -2.31. The van der Waals surface area contributed by atoms with E-state index in [4.69, 9.17) is 5.73 Å². The van der Waals surface area contributed by atoms with E-state index in [1.807, 2.05) is 0 Å². The molecule has 0 aliphatic heterocycles. The fourth-order valence-corrected chi connectivity index (χ4v) is 3.71. The van der Waals surface area contributed by atoms with Crippen molar-refractivity contribution in [1.82, 2.24) is 5.32 Å². The van der Waals surface area contributed by atoms with Gasteiger partial charge in [-0.05, 0) is 49.9 Å². The van der Waals surface area contributed by atoms with Crippen molar-refractivity contribution < 1.29 is 9.59 Å². The molecule has 0 bridgehead atoms. The zero-order valence-electron chi connectivity index (χ0n) is 14.6. The molecule has 138 valence electrons. The third-order valence-corrected chi connectivity index (χ3v) is 5.29. The van der Waals surface area contributed by atoms with Crippen molar-refractivity contribution in [3.8, 4) is 0 Å². The molecule has 0 radical (unpaired) electrons. The average Bonchev–Trinajstić information content (AvgIpc) is 3.09. The number of nitrogens with two attached hydrogens (primary N) is 1. The summed E-state index contributed by atoms with van der Waals surface area (Å²) in [6, 6.07) is 7.36. The number of amides is 2. The lowest BCUT2D eigenvalue weighted by atomic mass is 9.82. The summed E-state index contributed by atoms with van der Waals surface area (Å²) in [6.45, 7) is 0. The van der Waals surface area contributed by atoms with E-state index in [2.05, 4.69) is 10.6 Å². The molecule has 0 saturated heterocycles. The van der Waals surface area contributed by atoms with Gasteiger partial charge in [0.05, 0.1) is 5.54 Å². The fraction of sp³-hybridized carbons (Fsp3) is 0.579. The molecule has 2 fully saturated rings. The fourth-order valence-electron chi connectivity index (χ4n) is 3.71. The maximum Gasteiger partial charge on any atom is 0.251 e. The van der Waals surface area contributed by atoms with Gasteiger partial charge in [0.15, 0.2) is 0 Å². The van der Waals surface area contributed by atoms with Crippen LogP contribution in [0.25, 0.3) is 0 Å². The topological polar surface area (TPSA) is 84.2 Å². The Morgan fingerprint density at radius 1 is 0.960 bits per heavy atom. The Kier molecular flexibility index (Phi) is 6.85. The van der Waals surface area contributed by atoms with Crippen LogP contribution in [0.15, 0.2) is 24.3 Å². The molecule has 1 aromatic carbocycles. The van der Waals surface area contributed by atoms with Gasteiger partial charge in [-0.25, -0.2) is 0 Å². The minimum atomic E-state index is -0.753. The summed E-state index contributed by atoms with van der Waals surface area (Å²) in [7, 11) is 0. The minimum absolute atomic E-state index is 0. The molecule has 25 heavy (non-hydrogen) atoms. The summed E-state index contributed by atoms with van der Waals surface area (Å²) < 4.78 is 0. The van der Waals surface area contributed by atoms with E-state index in [1.54, 1.807) is 24.3 Å². The van der Waals surface area contributed by atoms with E-state index < -0.39 is 5.54 Å². The molecule has 3 rings (SSSR count). The molecule has 0 spiro atoms. The van der Waals surface area contributed by atoms with Gasteiger partial charge in [-0.1, -0.05) is 32.1 Å². The molecule has 2 aliphatic rings. The Morgan fingerprint density at radius 2 is 1.56 bits per heavy atom. The van der Waals surface area contributed by atoms with E-state index >= 15 is 0 Å². The van der Waals surface area contributed by atoms with E-state index in [0.29, 0.717) is 17.3 Å². The highest BCUT2D eigenvalue weighted by atomic mass is 35.5. The van der Waals surface area contributed by atoms with E-state index in [0.717, 1.165) is 44.9 Å². The summed E-state index contributed by atoms with van der Waals surface area (Å²) >= 11 is 0. The number of carbonyl (C=O) groups excluding carboxylic acids is 2. The predicted molar refractivity (Wildman–Crippen MR) is 102 cm³/mol. The molecular weight excluding hydrogens is 338 g/mol. The molecule has 4 N–H and O–H groups in total. The van der Waals surface area contributed by atoms with Gasteiger partial charge < -0.3 is 16.4 Å². The molecular formula is C19H28ClN3O2. The number of halogens is 1. The van der Waals surface area contributed by atoms with Crippen molar-refractivity contribution in [2.75, 3.05) is 5.32 Å². The van der Waals surface area contributed by atoms with Crippen molar-refractivity contribution in [3.05, 3.63) is 29.8 Å². The van der Waals surface area contributed by atoms with Crippen LogP contribution in [0, 0.1) is 0 Å². The van der Waals surface area contributed by atoms with Gasteiger partial charge in [-0.15, -0.1) is 12.4 Å². The number of rotatable bonds is 4. The second-order valence-electron chi connectivity index (χ2n) is 7.20. The van der Waals surface area contributed by atoms with Gasteiger partial charge in [0.1, 0.15) is 0 Å². The van der Waals surface area contributed by atoms with Crippen molar-refractivity contribution in [3.63, 3.8) is 0 Å². The second kappa shape index (κ2) is 8.68. The molecule has 0 atom stereocenters. The standard InChI is InChI=1S/C19H27N3O2.ClH/c20-19(12-4-1-5-13-19)18(24)22-16-10-8-14(9-11-16)17(23)21-15-6-2-3-7-15;/h8-11,15H,1-7,12-13,20H2,(H,21,23)(H,22,24);1H. The van der Waals surface area contributed by atoms with Gasteiger partial charge >= 0.3 is 0 Å². The second-order valence-corrected chi connectivity index (χ2v) is 7.20. The summed E-state index contributed by atoms with van der Waals surface area (Å²) in [4.78, 5) is 24.6. The first-order valence-corrected chi connectivity index (χ1v) is 9.08. The first-order chi connectivity index (χ1) is 11.6. The molecule has 1 aromatic rings. The quantitative estimate of drug-likeness (QED) is 0.764. The Bertz CT molecular complexity index is 591. The number of nitrogens with one attached hydrogen (secondary N) is 2. The van der Waals surface area contributed by atoms with Crippen molar-refractivity contribution in [2.45, 2.75) is 69.4 Å². The zero-order valence-corrected chi connectivity index (χ0v) is 15.4. The Labute approximate surface area is 155 Å². The van der Waals surface area contributed by atoms with Gasteiger partial charge in [-0.3, -0.25) is 9.59 Å². The van der Waals surface area contributed by atoms with Crippen LogP contribution in [-0.4, -0.2) is 23.4 Å². The van der Waals surface area contributed by atoms with Crippen LogP contribution in [-0.2, 0) is 4.79 Å². The highest BCUT2D eigenvalue weighted by molar-refractivity contribution is 5.99. The summed E-state index contributed by atoms with van der Waals surface area (Å²) in [5.74, 6) is -0.160. The van der Waals surface area contributed by atoms with E-state index in [1.165, 1.54) is 12.8 Å². The number of benzene rings is 1. The maximum atomic E-state index is 12.4. The van der Waals surface area contributed by atoms with Crippen LogP contribution in [0.5, 0.6) is 0 Å². The summed E-state index contributed by atoms with van der Waals surface area (Å²) in [5, 5.41) is 5.96. The maximum absolute atomic E-state index is 12.4. The number of hydrogen-bond donors (Lipinski definition) is 3. The molecule has 0 heterocycles. The van der Waals surface area contributed by atoms with Crippen molar-refractivity contribution in [1.29, 1.82) is 0 Å². The predicted octanol–water partition coefficient (Wildman–Crippen LogP) is 3.38. The molecule has 0 unspecified atom stereocenters. The smallest absolute Gasteiger partial charge is 0.251 e. The normalized spacial score (nSPS) is 19.7. The van der Waals surface area contributed by atoms with Crippen molar-refractivity contribution in [2.24, 2.45) is 5.73 Å². The molecule has 2 amide bonds. The van der Waals surface area contributed by atoms with E-state index in [-0.39, 0.29) is 24.2 Å². The van der Waals surface area contributed by atoms with Gasteiger partial charge in [0, 0.05) is 17.3 Å². The molecule has 2 saturated carbocycles. The molecule has 5 nitrogen and oxygen atoms in total. The number of anilines is 1. The SMILES string of the molecule is Cl.NC1(C(=O)Nc2ccc(C(=O)NC3CCCC3)cc2)CCCCC1. The lowest BCUT2D eigenvalue weighted by molar-refractivity contribution is -0.122. The third kappa shape index (κ3) is 4.95. The Morgan fingerprint density at radius 3 is 2.16 bits per heavy atom. The van der Waals surface area contributed by atoms with Crippen LogP contribution in [0.1, 0.15) is 68.1 Å². The monoisotopic (exact) mass is 365 g/mol. The van der Waals surface area contributed by atoms with Crippen LogP contribution < -0.4 is 16.4 Å². The molecule has 2 aliphatic carbocycles. The van der Waals surface area contributed by atoms with Crippen molar-refractivity contribution >= 4 is 29.9 Å². The largest absolute Gasteiger partial charge is 0.349 e. The Balaban J connectivity index is 0.00000225. The third-order valence-electron chi connectivity index (χ3n) is 5.29. The van der Waals surface area contributed by atoms with Gasteiger partial charge in [0.2, 0.25) is 5.91 Å². The van der Waals surface area contributed by atoms with Crippen LogP contribution in [0.3, 0.4) is 0 Å². The first-order valence-electron chi connectivity index (χ1n) is 9.08. The molecule has 0 aromatic heterocycles. The zero-order chi connectivity index (χ0) is 17.0. The molecule has 6 heteroatoms. The van der Waals surface area contributed by atoms with Crippen LogP contribution >= 0.6 is 12.4 Å². The number of hydrogen-bond acceptors (Lipinski definition) is 3. The Hall–Kier alpha value is -1.59. The number of carbonyl (C=O) groups is 2. The highest BCUT2D eigenvalue weighted by Crippen LogP contribution is 2.27. The van der Waals surface area contributed by atoms with Crippen LogP contribution in [0.2, 0.25) is 0 Å². The van der Waals surface area contributed by atoms with E-state index in [9.17, 15) is 9.59 Å². The van der Waals surface area contributed by atoms with Crippen LogP contribution in [0.4, 0.5) is 5.69 Å². The van der Waals surface area contributed by atoms with Gasteiger partial charge in [0.25, 0.3) is 5.91 Å². The summed E-state index contributed by atoms with van der Waals surface area (Å²) in [6.07, 6.45) is 9.15. The lowest BCUT2D eigenvalue weighted by Crippen LogP contribution is -2.52. The first kappa shape index (κ1) is 19.7. The summed E-state index contributed by atoms with van der Waals surface area (Å²) in [5.41, 5.74) is 6.80. The van der Waals surface area contributed by atoms with Gasteiger partial charge in [-0.2, -0.15) is 0 Å². The highest BCUT2D eigenvalue weighted by Gasteiger charge is 2.35.